The molecule has 2 amide bonds. The van der Waals surface area contributed by atoms with Crippen LogP contribution in [0.4, 0.5) is 0 Å². The second-order valence-corrected chi connectivity index (χ2v) is 6.91. The van der Waals surface area contributed by atoms with Gasteiger partial charge in [0, 0.05) is 13.5 Å². The van der Waals surface area contributed by atoms with E-state index in [-0.39, 0.29) is 17.7 Å². The predicted molar refractivity (Wildman–Crippen MR) is 105 cm³/mol. The maximum Gasteiger partial charge on any atom is 0.242 e. The van der Waals surface area contributed by atoms with Crippen molar-refractivity contribution in [2.45, 2.75) is 58.9 Å². The van der Waals surface area contributed by atoms with E-state index in [1.807, 2.05) is 32.0 Å². The molecule has 1 aliphatic rings. The minimum Gasteiger partial charge on any atom is -0.490 e. The summed E-state index contributed by atoms with van der Waals surface area (Å²) in [6.07, 6.45) is 4.93. The minimum atomic E-state index is -0.427. The first-order chi connectivity index (χ1) is 13.0. The van der Waals surface area contributed by atoms with Crippen molar-refractivity contribution in [3.05, 3.63) is 23.8 Å². The zero-order valence-electron chi connectivity index (χ0n) is 16.7. The maximum atomic E-state index is 12.6. The fourth-order valence-corrected chi connectivity index (χ4v) is 3.60. The van der Waals surface area contributed by atoms with E-state index in [0.717, 1.165) is 42.7 Å². The first-order valence-corrected chi connectivity index (χ1v) is 9.98. The molecule has 0 bridgehead atoms. The first-order valence-electron chi connectivity index (χ1n) is 9.98. The highest BCUT2D eigenvalue weighted by Gasteiger charge is 2.31. The van der Waals surface area contributed by atoms with E-state index in [0.29, 0.717) is 26.2 Å². The third kappa shape index (κ3) is 6.45. The zero-order chi connectivity index (χ0) is 19.6. The third-order valence-electron chi connectivity index (χ3n) is 4.83. The summed E-state index contributed by atoms with van der Waals surface area (Å²) < 4.78 is 11.2. The quantitative estimate of drug-likeness (QED) is 0.658. The molecule has 1 atom stereocenters. The predicted octanol–water partition coefficient (Wildman–Crippen LogP) is 2.84. The first kappa shape index (κ1) is 21.1. The Morgan fingerprint density at radius 1 is 1.11 bits per heavy atom. The number of carbonyl (C=O) groups excluding carboxylic acids is 2. The molecule has 1 unspecified atom stereocenters. The summed E-state index contributed by atoms with van der Waals surface area (Å²) in [6.45, 7) is 7.01. The van der Waals surface area contributed by atoms with Gasteiger partial charge in [-0.2, -0.15) is 0 Å². The monoisotopic (exact) mass is 376 g/mol. The van der Waals surface area contributed by atoms with E-state index in [1.165, 1.54) is 6.92 Å². The van der Waals surface area contributed by atoms with Crippen molar-refractivity contribution in [2.24, 2.45) is 5.92 Å². The molecule has 0 aromatic heterocycles. The Bertz CT molecular complexity index is 627. The lowest BCUT2D eigenvalue weighted by Gasteiger charge is -2.23. The second-order valence-electron chi connectivity index (χ2n) is 6.91. The number of ether oxygens (including phenoxy) is 2. The molecule has 6 nitrogen and oxygen atoms in total. The van der Waals surface area contributed by atoms with E-state index < -0.39 is 6.04 Å². The van der Waals surface area contributed by atoms with Crippen molar-refractivity contribution in [3.63, 3.8) is 0 Å². The standard InChI is InChI=1S/C21H32N2O4/c1-4-26-18-11-10-16(14-19(18)27-5-2)12-13-22-21(25)20(23-15(3)24)17-8-6-7-9-17/h10-11,14,17,20H,4-9,12-13H2,1-3H3,(H,22,25)(H,23,24). The number of carbonyl (C=O) groups is 2. The topological polar surface area (TPSA) is 76.7 Å². The van der Waals surface area contributed by atoms with Crippen LogP contribution in [-0.4, -0.2) is 37.6 Å². The average Bonchev–Trinajstić information content (AvgIpc) is 3.16. The highest BCUT2D eigenvalue weighted by atomic mass is 16.5. The molecule has 27 heavy (non-hydrogen) atoms. The third-order valence-corrected chi connectivity index (χ3v) is 4.83. The van der Waals surface area contributed by atoms with Crippen LogP contribution >= 0.6 is 0 Å². The van der Waals surface area contributed by atoms with E-state index in [4.69, 9.17) is 9.47 Å². The smallest absolute Gasteiger partial charge is 0.242 e. The normalized spacial score (nSPS) is 15.2. The SMILES string of the molecule is CCOc1ccc(CCNC(=O)C(NC(C)=O)C2CCCC2)cc1OCC. The van der Waals surface area contributed by atoms with Crippen molar-refractivity contribution < 1.29 is 19.1 Å². The van der Waals surface area contributed by atoms with Crippen molar-refractivity contribution >= 4 is 11.8 Å². The molecule has 1 aromatic carbocycles. The molecule has 0 heterocycles. The molecular weight excluding hydrogens is 344 g/mol. The van der Waals surface area contributed by atoms with Crippen LogP contribution < -0.4 is 20.1 Å². The van der Waals surface area contributed by atoms with Crippen molar-refractivity contribution in [2.75, 3.05) is 19.8 Å². The number of benzene rings is 1. The van der Waals surface area contributed by atoms with Gasteiger partial charge in [0.05, 0.1) is 13.2 Å². The maximum absolute atomic E-state index is 12.6. The van der Waals surface area contributed by atoms with Crippen molar-refractivity contribution in [1.29, 1.82) is 0 Å². The molecule has 150 valence electrons. The van der Waals surface area contributed by atoms with Crippen molar-refractivity contribution in [3.8, 4) is 11.5 Å². The number of amides is 2. The molecule has 2 rings (SSSR count). The van der Waals surface area contributed by atoms with Crippen LogP contribution in [0.5, 0.6) is 11.5 Å². The molecule has 1 aliphatic carbocycles. The van der Waals surface area contributed by atoms with Crippen LogP contribution in [-0.2, 0) is 16.0 Å². The molecule has 0 radical (unpaired) electrons. The fourth-order valence-electron chi connectivity index (χ4n) is 3.60. The molecule has 0 saturated heterocycles. The molecule has 6 heteroatoms. The van der Waals surface area contributed by atoms with Gasteiger partial charge in [-0.05, 0) is 56.7 Å². The van der Waals surface area contributed by atoms with Gasteiger partial charge in [0.25, 0.3) is 0 Å². The average molecular weight is 376 g/mol. The Morgan fingerprint density at radius 2 is 1.78 bits per heavy atom. The highest BCUT2D eigenvalue weighted by molar-refractivity contribution is 5.87. The molecular formula is C21H32N2O4. The molecule has 2 N–H and O–H groups in total. The molecule has 1 fully saturated rings. The summed E-state index contributed by atoms with van der Waals surface area (Å²) in [5.74, 6) is 1.45. The van der Waals surface area contributed by atoms with Gasteiger partial charge in [-0.1, -0.05) is 18.9 Å². The second kappa shape index (κ2) is 10.8. The summed E-state index contributed by atoms with van der Waals surface area (Å²) >= 11 is 0. The summed E-state index contributed by atoms with van der Waals surface area (Å²) in [5, 5.41) is 5.81. The van der Waals surface area contributed by atoms with E-state index in [2.05, 4.69) is 10.6 Å². The fraction of sp³-hybridized carbons (Fsp3) is 0.619. The highest BCUT2D eigenvalue weighted by Crippen LogP contribution is 2.29. The Kier molecular flexibility index (Phi) is 8.43. The largest absolute Gasteiger partial charge is 0.490 e. The van der Waals surface area contributed by atoms with Gasteiger partial charge in [0.2, 0.25) is 11.8 Å². The summed E-state index contributed by atoms with van der Waals surface area (Å²) in [4.78, 5) is 24.1. The Labute approximate surface area is 162 Å². The van der Waals surface area contributed by atoms with Crippen LogP contribution in [0, 0.1) is 5.92 Å². The van der Waals surface area contributed by atoms with Gasteiger partial charge in [-0.3, -0.25) is 9.59 Å². The van der Waals surface area contributed by atoms with Crippen LogP contribution in [0.15, 0.2) is 18.2 Å². The van der Waals surface area contributed by atoms with Gasteiger partial charge in [0.15, 0.2) is 11.5 Å². The number of nitrogens with one attached hydrogen (secondary N) is 2. The number of hydrogen-bond donors (Lipinski definition) is 2. The number of rotatable bonds is 10. The molecule has 0 aliphatic heterocycles. The van der Waals surface area contributed by atoms with E-state index >= 15 is 0 Å². The lowest BCUT2D eigenvalue weighted by atomic mass is 9.97. The molecule has 1 saturated carbocycles. The summed E-state index contributed by atoms with van der Waals surface area (Å²) in [6, 6.07) is 5.43. The van der Waals surface area contributed by atoms with Gasteiger partial charge in [-0.15, -0.1) is 0 Å². The van der Waals surface area contributed by atoms with Crippen LogP contribution in [0.3, 0.4) is 0 Å². The summed E-state index contributed by atoms with van der Waals surface area (Å²) in [7, 11) is 0. The zero-order valence-corrected chi connectivity index (χ0v) is 16.7. The molecule has 0 spiro atoms. The Hall–Kier alpha value is -2.24. The van der Waals surface area contributed by atoms with Gasteiger partial charge < -0.3 is 20.1 Å². The lowest BCUT2D eigenvalue weighted by molar-refractivity contribution is -0.129. The van der Waals surface area contributed by atoms with Crippen LogP contribution in [0.25, 0.3) is 0 Å². The van der Waals surface area contributed by atoms with E-state index in [9.17, 15) is 9.59 Å². The van der Waals surface area contributed by atoms with Gasteiger partial charge in [0.1, 0.15) is 6.04 Å². The van der Waals surface area contributed by atoms with Gasteiger partial charge >= 0.3 is 0 Å². The van der Waals surface area contributed by atoms with Crippen LogP contribution in [0.2, 0.25) is 0 Å². The van der Waals surface area contributed by atoms with Crippen molar-refractivity contribution in [1.82, 2.24) is 10.6 Å². The number of hydrogen-bond acceptors (Lipinski definition) is 4. The van der Waals surface area contributed by atoms with Crippen LogP contribution in [0.1, 0.15) is 52.0 Å². The molecule has 1 aromatic rings. The van der Waals surface area contributed by atoms with Gasteiger partial charge in [-0.25, -0.2) is 0 Å². The van der Waals surface area contributed by atoms with E-state index in [1.54, 1.807) is 0 Å². The minimum absolute atomic E-state index is 0.0898. The Morgan fingerprint density at radius 3 is 2.41 bits per heavy atom. The summed E-state index contributed by atoms with van der Waals surface area (Å²) in [5.41, 5.74) is 1.07. The lowest BCUT2D eigenvalue weighted by Crippen LogP contribution is -2.50. The Balaban J connectivity index is 1.92.